The molecule has 6 heteroatoms. The summed E-state index contributed by atoms with van der Waals surface area (Å²) in [4.78, 5) is 27.0. The minimum absolute atomic E-state index is 0.0881. The average Bonchev–Trinajstić information content (AvgIpc) is 2.67. The number of carbonyl (C=O) groups excluding carboxylic acids is 2. The predicted octanol–water partition coefficient (Wildman–Crippen LogP) is 3.64. The van der Waals surface area contributed by atoms with Gasteiger partial charge in [-0.05, 0) is 54.8 Å². The van der Waals surface area contributed by atoms with Crippen molar-refractivity contribution in [1.29, 1.82) is 0 Å². The van der Waals surface area contributed by atoms with E-state index >= 15 is 0 Å². The number of amides is 2. The van der Waals surface area contributed by atoms with E-state index in [0.717, 1.165) is 5.56 Å². The molecule has 0 fully saturated rings. The van der Waals surface area contributed by atoms with Gasteiger partial charge in [0.15, 0.2) is 0 Å². The molecule has 28 heavy (non-hydrogen) atoms. The highest BCUT2D eigenvalue weighted by Gasteiger charge is 2.27. The lowest BCUT2D eigenvalue weighted by Crippen LogP contribution is -2.50. The van der Waals surface area contributed by atoms with Crippen LogP contribution in [-0.4, -0.2) is 36.4 Å². The summed E-state index contributed by atoms with van der Waals surface area (Å²) in [5.41, 5.74) is 1.28. The van der Waals surface area contributed by atoms with Crippen LogP contribution in [0, 0.1) is 11.7 Å². The highest BCUT2D eigenvalue weighted by atomic mass is 19.1. The van der Waals surface area contributed by atoms with Gasteiger partial charge in [0.25, 0.3) is 5.91 Å². The second kappa shape index (κ2) is 9.88. The zero-order chi connectivity index (χ0) is 20.7. The molecule has 0 saturated heterocycles. The first kappa shape index (κ1) is 21.4. The van der Waals surface area contributed by atoms with Crippen molar-refractivity contribution in [3.8, 4) is 5.75 Å². The molecule has 0 unspecified atom stereocenters. The van der Waals surface area contributed by atoms with Crippen LogP contribution >= 0.6 is 0 Å². The first-order valence-electron chi connectivity index (χ1n) is 9.35. The van der Waals surface area contributed by atoms with Gasteiger partial charge in [0.1, 0.15) is 17.6 Å². The van der Waals surface area contributed by atoms with Crippen LogP contribution in [0.1, 0.15) is 36.7 Å². The standard InChI is InChI=1S/C22H27FN2O3/c1-5-28-19-12-8-17(9-13-19)21(26)24-20(15(2)3)22(27)25(4)14-16-6-10-18(23)11-7-16/h6-13,15,20H,5,14H2,1-4H3,(H,24,26)/t20-/m0/s1. The van der Waals surface area contributed by atoms with Gasteiger partial charge in [0.05, 0.1) is 6.61 Å². The molecule has 0 aliphatic heterocycles. The van der Waals surface area contributed by atoms with Crippen LogP contribution in [0.2, 0.25) is 0 Å². The van der Waals surface area contributed by atoms with E-state index in [9.17, 15) is 14.0 Å². The zero-order valence-electron chi connectivity index (χ0n) is 16.7. The van der Waals surface area contributed by atoms with E-state index in [-0.39, 0.29) is 23.5 Å². The third-order valence-electron chi connectivity index (χ3n) is 4.36. The lowest BCUT2D eigenvalue weighted by Gasteiger charge is -2.27. The van der Waals surface area contributed by atoms with Crippen LogP contribution < -0.4 is 10.1 Å². The van der Waals surface area contributed by atoms with Crippen LogP contribution in [0.25, 0.3) is 0 Å². The van der Waals surface area contributed by atoms with Crippen molar-refractivity contribution in [2.24, 2.45) is 5.92 Å². The Morgan fingerprint density at radius 1 is 1.07 bits per heavy atom. The van der Waals surface area contributed by atoms with E-state index in [1.807, 2.05) is 20.8 Å². The third kappa shape index (κ3) is 5.81. The molecule has 0 aliphatic rings. The monoisotopic (exact) mass is 386 g/mol. The summed E-state index contributed by atoms with van der Waals surface area (Å²) >= 11 is 0. The molecular weight excluding hydrogens is 359 g/mol. The number of carbonyl (C=O) groups is 2. The van der Waals surface area contributed by atoms with Gasteiger partial charge in [-0.15, -0.1) is 0 Å². The molecule has 0 aliphatic carbocycles. The second-order valence-electron chi connectivity index (χ2n) is 6.97. The van der Waals surface area contributed by atoms with Gasteiger partial charge in [-0.1, -0.05) is 26.0 Å². The van der Waals surface area contributed by atoms with E-state index in [1.54, 1.807) is 43.4 Å². The van der Waals surface area contributed by atoms with Crippen molar-refractivity contribution in [3.05, 3.63) is 65.5 Å². The summed E-state index contributed by atoms with van der Waals surface area (Å²) in [5.74, 6) is -0.228. The number of benzene rings is 2. The fourth-order valence-corrected chi connectivity index (χ4v) is 2.79. The first-order chi connectivity index (χ1) is 13.3. The van der Waals surface area contributed by atoms with Gasteiger partial charge < -0.3 is 15.0 Å². The van der Waals surface area contributed by atoms with E-state index in [4.69, 9.17) is 4.74 Å². The molecule has 0 aromatic heterocycles. The van der Waals surface area contributed by atoms with Gasteiger partial charge in [0.2, 0.25) is 5.91 Å². The van der Waals surface area contributed by atoms with Gasteiger partial charge in [-0.25, -0.2) is 4.39 Å². The number of nitrogens with zero attached hydrogens (tertiary/aromatic N) is 1. The third-order valence-corrected chi connectivity index (χ3v) is 4.36. The van der Waals surface area contributed by atoms with Crippen LogP contribution in [-0.2, 0) is 11.3 Å². The molecular formula is C22H27FN2O3. The quantitative estimate of drug-likeness (QED) is 0.754. The first-order valence-corrected chi connectivity index (χ1v) is 9.35. The van der Waals surface area contributed by atoms with Gasteiger partial charge in [-0.3, -0.25) is 9.59 Å². The number of rotatable bonds is 8. The van der Waals surface area contributed by atoms with Gasteiger partial charge >= 0.3 is 0 Å². The Morgan fingerprint density at radius 2 is 1.68 bits per heavy atom. The summed E-state index contributed by atoms with van der Waals surface area (Å²) in [6, 6.07) is 12.1. The SMILES string of the molecule is CCOc1ccc(C(=O)N[C@H](C(=O)N(C)Cc2ccc(F)cc2)C(C)C)cc1. The van der Waals surface area contributed by atoms with Crippen LogP contribution in [0.15, 0.2) is 48.5 Å². The van der Waals surface area contributed by atoms with E-state index in [0.29, 0.717) is 24.5 Å². The largest absolute Gasteiger partial charge is 0.494 e. The summed E-state index contributed by atoms with van der Waals surface area (Å²) < 4.78 is 18.4. The summed E-state index contributed by atoms with van der Waals surface area (Å²) in [5, 5.41) is 2.83. The molecule has 2 rings (SSSR count). The fraction of sp³-hybridized carbons (Fsp3) is 0.364. The number of likely N-dealkylation sites (N-methyl/N-ethyl adjacent to an activating group) is 1. The Morgan fingerprint density at radius 3 is 2.21 bits per heavy atom. The Bertz CT molecular complexity index is 788. The Balaban J connectivity index is 2.05. The molecule has 2 amide bonds. The van der Waals surface area contributed by atoms with E-state index < -0.39 is 6.04 Å². The summed E-state index contributed by atoms with van der Waals surface area (Å²) in [6.45, 7) is 6.54. The Labute approximate surface area is 165 Å². The molecule has 0 heterocycles. The van der Waals surface area contributed by atoms with Crippen molar-refractivity contribution in [1.82, 2.24) is 10.2 Å². The Kier molecular flexibility index (Phi) is 7.55. The molecule has 5 nitrogen and oxygen atoms in total. The molecule has 2 aromatic carbocycles. The predicted molar refractivity (Wildman–Crippen MR) is 107 cm³/mol. The molecule has 0 bridgehead atoms. The highest BCUT2D eigenvalue weighted by Crippen LogP contribution is 2.14. The number of halogens is 1. The molecule has 150 valence electrons. The van der Waals surface area contributed by atoms with Crippen LogP contribution in [0.4, 0.5) is 4.39 Å². The number of hydrogen-bond acceptors (Lipinski definition) is 3. The summed E-state index contributed by atoms with van der Waals surface area (Å²) in [6.07, 6.45) is 0. The maximum atomic E-state index is 13.1. The maximum Gasteiger partial charge on any atom is 0.251 e. The molecule has 2 aromatic rings. The van der Waals surface area contributed by atoms with Gasteiger partial charge in [-0.2, -0.15) is 0 Å². The minimum Gasteiger partial charge on any atom is -0.494 e. The number of ether oxygens (including phenoxy) is 1. The van der Waals surface area contributed by atoms with E-state index in [2.05, 4.69) is 5.32 Å². The lowest BCUT2D eigenvalue weighted by molar-refractivity contribution is -0.133. The number of nitrogens with one attached hydrogen (secondary N) is 1. The van der Waals surface area contributed by atoms with E-state index in [1.165, 1.54) is 17.0 Å². The zero-order valence-corrected chi connectivity index (χ0v) is 16.7. The normalized spacial score (nSPS) is 11.8. The molecule has 1 N–H and O–H groups in total. The highest BCUT2D eigenvalue weighted by molar-refractivity contribution is 5.97. The summed E-state index contributed by atoms with van der Waals surface area (Å²) in [7, 11) is 1.67. The number of hydrogen-bond donors (Lipinski definition) is 1. The average molecular weight is 386 g/mol. The molecule has 1 atom stereocenters. The molecule has 0 spiro atoms. The van der Waals surface area contributed by atoms with Crippen molar-refractivity contribution in [3.63, 3.8) is 0 Å². The Hall–Kier alpha value is -2.89. The lowest BCUT2D eigenvalue weighted by atomic mass is 10.0. The topological polar surface area (TPSA) is 58.6 Å². The fourth-order valence-electron chi connectivity index (χ4n) is 2.79. The van der Waals surface area contributed by atoms with Crippen molar-refractivity contribution in [2.45, 2.75) is 33.4 Å². The van der Waals surface area contributed by atoms with Gasteiger partial charge in [0, 0.05) is 19.2 Å². The maximum absolute atomic E-state index is 13.1. The van der Waals surface area contributed by atoms with Crippen molar-refractivity contribution >= 4 is 11.8 Å². The molecule has 0 radical (unpaired) electrons. The smallest absolute Gasteiger partial charge is 0.251 e. The van der Waals surface area contributed by atoms with Crippen LogP contribution in [0.3, 0.4) is 0 Å². The van der Waals surface area contributed by atoms with Crippen molar-refractivity contribution in [2.75, 3.05) is 13.7 Å². The van der Waals surface area contributed by atoms with Crippen LogP contribution in [0.5, 0.6) is 5.75 Å². The molecule has 0 saturated carbocycles. The second-order valence-corrected chi connectivity index (χ2v) is 6.97. The minimum atomic E-state index is -0.662. The van der Waals surface area contributed by atoms with Crippen molar-refractivity contribution < 1.29 is 18.7 Å².